The molecule has 94 valence electrons. The first-order valence-corrected chi connectivity index (χ1v) is 6.55. The molecule has 1 aliphatic rings. The summed E-state index contributed by atoms with van der Waals surface area (Å²) in [4.78, 5) is 11.9. The zero-order chi connectivity index (χ0) is 12.5. The van der Waals surface area contributed by atoms with Crippen LogP contribution in [-0.4, -0.2) is 17.0 Å². The minimum absolute atomic E-state index is 0.114. The van der Waals surface area contributed by atoms with Crippen LogP contribution in [0.3, 0.4) is 0 Å². The zero-order valence-corrected chi connectivity index (χ0v) is 10.6. The summed E-state index contributed by atoms with van der Waals surface area (Å²) in [5, 5.41) is 4.24. The highest BCUT2D eigenvalue weighted by Crippen LogP contribution is 2.27. The fourth-order valence-electron chi connectivity index (χ4n) is 2.35. The standard InChI is InChI=1S/C15H18N2O/c1-11-9-17(14-5-3-2-4-13(11)14)10-15(18)16-8-12-6-7-12/h2-5,9,12H,6-8,10H2,1H3,(H,16,18). The highest BCUT2D eigenvalue weighted by molar-refractivity contribution is 5.85. The summed E-state index contributed by atoms with van der Waals surface area (Å²) in [6.07, 6.45) is 4.60. The Morgan fingerprint density at radius 2 is 2.17 bits per heavy atom. The van der Waals surface area contributed by atoms with Crippen LogP contribution in [0.1, 0.15) is 18.4 Å². The van der Waals surface area contributed by atoms with E-state index in [4.69, 9.17) is 0 Å². The summed E-state index contributed by atoms with van der Waals surface area (Å²) >= 11 is 0. The van der Waals surface area contributed by atoms with Crippen molar-refractivity contribution in [2.45, 2.75) is 26.3 Å². The number of hydrogen-bond donors (Lipinski definition) is 1. The van der Waals surface area contributed by atoms with Gasteiger partial charge in [0.1, 0.15) is 6.54 Å². The number of nitrogens with zero attached hydrogens (tertiary/aromatic N) is 1. The summed E-state index contributed by atoms with van der Waals surface area (Å²) in [5.74, 6) is 0.847. The van der Waals surface area contributed by atoms with Gasteiger partial charge >= 0.3 is 0 Å². The molecule has 1 heterocycles. The van der Waals surface area contributed by atoms with Gasteiger partial charge in [-0.15, -0.1) is 0 Å². The van der Waals surface area contributed by atoms with E-state index < -0.39 is 0 Å². The maximum Gasteiger partial charge on any atom is 0.239 e. The lowest BCUT2D eigenvalue weighted by Crippen LogP contribution is -2.29. The SMILES string of the molecule is Cc1cn(CC(=O)NCC2CC2)c2ccccc12. The molecule has 1 saturated carbocycles. The van der Waals surface area contributed by atoms with Gasteiger partial charge in [-0.1, -0.05) is 18.2 Å². The Labute approximate surface area is 107 Å². The molecule has 1 fully saturated rings. The predicted octanol–water partition coefficient (Wildman–Crippen LogP) is 2.48. The molecule has 0 radical (unpaired) electrons. The summed E-state index contributed by atoms with van der Waals surface area (Å²) in [6, 6.07) is 8.22. The molecule has 1 aromatic carbocycles. The lowest BCUT2D eigenvalue weighted by Gasteiger charge is -2.06. The van der Waals surface area contributed by atoms with Crippen LogP contribution < -0.4 is 5.32 Å². The minimum Gasteiger partial charge on any atom is -0.354 e. The quantitative estimate of drug-likeness (QED) is 0.878. The molecular formula is C15H18N2O. The van der Waals surface area contributed by atoms with Crippen molar-refractivity contribution in [1.82, 2.24) is 9.88 Å². The lowest BCUT2D eigenvalue weighted by atomic mass is 10.2. The zero-order valence-electron chi connectivity index (χ0n) is 10.6. The summed E-state index contributed by atoms with van der Waals surface area (Å²) in [5.41, 5.74) is 2.36. The number of aromatic nitrogens is 1. The molecule has 3 heteroatoms. The maximum atomic E-state index is 11.9. The Morgan fingerprint density at radius 1 is 1.39 bits per heavy atom. The Balaban J connectivity index is 1.75. The van der Waals surface area contributed by atoms with Crippen molar-refractivity contribution in [2.75, 3.05) is 6.54 Å². The van der Waals surface area contributed by atoms with E-state index in [1.165, 1.54) is 23.8 Å². The van der Waals surface area contributed by atoms with Gasteiger partial charge in [-0.25, -0.2) is 0 Å². The molecule has 2 aromatic rings. The van der Waals surface area contributed by atoms with Crippen LogP contribution in [0.15, 0.2) is 30.5 Å². The molecule has 3 nitrogen and oxygen atoms in total. The minimum atomic E-state index is 0.114. The van der Waals surface area contributed by atoms with Gasteiger partial charge in [-0.3, -0.25) is 4.79 Å². The Hall–Kier alpha value is -1.77. The number of para-hydroxylation sites is 1. The lowest BCUT2D eigenvalue weighted by molar-refractivity contribution is -0.121. The van der Waals surface area contributed by atoms with Crippen molar-refractivity contribution in [3.05, 3.63) is 36.0 Å². The number of carbonyl (C=O) groups excluding carboxylic acids is 1. The molecule has 18 heavy (non-hydrogen) atoms. The third-order valence-corrected chi connectivity index (χ3v) is 3.59. The number of aryl methyl sites for hydroxylation is 1. The van der Waals surface area contributed by atoms with Gasteiger partial charge in [-0.05, 0) is 37.3 Å². The van der Waals surface area contributed by atoms with Crippen molar-refractivity contribution in [3.63, 3.8) is 0 Å². The van der Waals surface area contributed by atoms with Crippen LogP contribution in [-0.2, 0) is 11.3 Å². The molecule has 0 aliphatic heterocycles. The maximum absolute atomic E-state index is 11.9. The average Bonchev–Trinajstić information content (AvgIpc) is 3.15. The molecular weight excluding hydrogens is 224 g/mol. The van der Waals surface area contributed by atoms with Crippen molar-refractivity contribution in [1.29, 1.82) is 0 Å². The molecule has 1 N–H and O–H groups in total. The van der Waals surface area contributed by atoms with Gasteiger partial charge in [0, 0.05) is 23.6 Å². The first-order valence-electron chi connectivity index (χ1n) is 6.55. The van der Waals surface area contributed by atoms with E-state index in [9.17, 15) is 4.79 Å². The summed E-state index contributed by atoms with van der Waals surface area (Å²) in [7, 11) is 0. The summed E-state index contributed by atoms with van der Waals surface area (Å²) < 4.78 is 2.03. The van der Waals surface area contributed by atoms with E-state index >= 15 is 0 Å². The molecule has 0 spiro atoms. The first kappa shape index (κ1) is 11.3. The van der Waals surface area contributed by atoms with Gasteiger partial charge in [0.05, 0.1) is 0 Å². The van der Waals surface area contributed by atoms with Crippen LogP contribution in [0.25, 0.3) is 10.9 Å². The van der Waals surface area contributed by atoms with Crippen LogP contribution >= 0.6 is 0 Å². The second kappa shape index (κ2) is 4.48. The normalized spacial score (nSPS) is 14.9. The predicted molar refractivity (Wildman–Crippen MR) is 72.4 cm³/mol. The second-order valence-corrected chi connectivity index (χ2v) is 5.20. The number of benzene rings is 1. The number of amides is 1. The van der Waals surface area contributed by atoms with Crippen LogP contribution in [0.5, 0.6) is 0 Å². The molecule has 0 saturated heterocycles. The van der Waals surface area contributed by atoms with Gasteiger partial charge in [-0.2, -0.15) is 0 Å². The first-order chi connectivity index (χ1) is 8.74. The largest absolute Gasteiger partial charge is 0.354 e. The molecule has 1 aromatic heterocycles. The van der Waals surface area contributed by atoms with Gasteiger partial charge < -0.3 is 9.88 Å². The van der Waals surface area contributed by atoms with E-state index in [0.717, 1.165) is 18.0 Å². The molecule has 3 rings (SSSR count). The van der Waals surface area contributed by atoms with E-state index in [0.29, 0.717) is 6.54 Å². The topological polar surface area (TPSA) is 34.0 Å². The highest BCUT2D eigenvalue weighted by Gasteiger charge is 2.21. The van der Waals surface area contributed by atoms with Gasteiger partial charge in [0.15, 0.2) is 0 Å². The van der Waals surface area contributed by atoms with E-state index in [-0.39, 0.29) is 5.91 Å². The Kier molecular flexibility index (Phi) is 2.82. The third-order valence-electron chi connectivity index (χ3n) is 3.59. The number of carbonyl (C=O) groups is 1. The Bertz CT molecular complexity index is 581. The molecule has 0 atom stereocenters. The van der Waals surface area contributed by atoms with Crippen LogP contribution in [0, 0.1) is 12.8 Å². The van der Waals surface area contributed by atoms with Gasteiger partial charge in [0.25, 0.3) is 0 Å². The average molecular weight is 242 g/mol. The van der Waals surface area contributed by atoms with Crippen LogP contribution in [0.2, 0.25) is 0 Å². The smallest absolute Gasteiger partial charge is 0.239 e. The van der Waals surface area contributed by atoms with Crippen molar-refractivity contribution >= 4 is 16.8 Å². The van der Waals surface area contributed by atoms with E-state index in [1.54, 1.807) is 0 Å². The van der Waals surface area contributed by atoms with Gasteiger partial charge in [0.2, 0.25) is 5.91 Å². The van der Waals surface area contributed by atoms with Crippen molar-refractivity contribution in [2.24, 2.45) is 5.92 Å². The number of hydrogen-bond acceptors (Lipinski definition) is 1. The van der Waals surface area contributed by atoms with Crippen molar-refractivity contribution < 1.29 is 4.79 Å². The molecule has 0 unspecified atom stereocenters. The van der Waals surface area contributed by atoms with E-state index in [1.807, 2.05) is 16.7 Å². The highest BCUT2D eigenvalue weighted by atomic mass is 16.1. The fourth-order valence-corrected chi connectivity index (χ4v) is 2.35. The number of nitrogens with one attached hydrogen (secondary N) is 1. The number of rotatable bonds is 4. The second-order valence-electron chi connectivity index (χ2n) is 5.20. The molecule has 1 aliphatic carbocycles. The molecule has 1 amide bonds. The Morgan fingerprint density at radius 3 is 2.94 bits per heavy atom. The number of fused-ring (bicyclic) bond motifs is 1. The van der Waals surface area contributed by atoms with Crippen LogP contribution in [0.4, 0.5) is 0 Å². The van der Waals surface area contributed by atoms with Crippen molar-refractivity contribution in [3.8, 4) is 0 Å². The monoisotopic (exact) mass is 242 g/mol. The fraction of sp³-hybridized carbons (Fsp3) is 0.400. The molecule has 0 bridgehead atoms. The summed E-state index contributed by atoms with van der Waals surface area (Å²) in [6.45, 7) is 3.35. The van der Waals surface area contributed by atoms with E-state index in [2.05, 4.69) is 30.6 Å². The third kappa shape index (κ3) is 2.26.